The highest BCUT2D eigenvalue weighted by Gasteiger charge is 2.28. The Morgan fingerprint density at radius 3 is 2.52 bits per heavy atom. The number of fused-ring (bicyclic) bond motifs is 1. The van der Waals surface area contributed by atoms with Gasteiger partial charge in [0.05, 0.1) is 0 Å². The summed E-state index contributed by atoms with van der Waals surface area (Å²) < 4.78 is 5.87. The Morgan fingerprint density at radius 1 is 1.00 bits per heavy atom. The van der Waals surface area contributed by atoms with E-state index < -0.39 is 6.23 Å². The molecule has 0 amide bonds. The molecule has 27 heavy (non-hydrogen) atoms. The molecule has 1 unspecified atom stereocenters. The lowest BCUT2D eigenvalue weighted by Gasteiger charge is -2.36. The topological polar surface area (TPSA) is 32.8 Å². The minimum Gasteiger partial charge on any atom is -0.468 e. The summed E-state index contributed by atoms with van der Waals surface area (Å²) in [7, 11) is 0. The van der Waals surface area contributed by atoms with Gasteiger partial charge in [0.1, 0.15) is 5.75 Å². The van der Waals surface area contributed by atoms with Crippen LogP contribution < -0.4 is 4.74 Å². The van der Waals surface area contributed by atoms with Crippen LogP contribution in [0, 0.1) is 5.92 Å². The van der Waals surface area contributed by atoms with E-state index in [9.17, 15) is 4.79 Å². The molecule has 2 aromatic rings. The number of aldehydes is 1. The predicted octanol–water partition coefficient (Wildman–Crippen LogP) is 3.71. The van der Waals surface area contributed by atoms with Crippen LogP contribution in [0.2, 0.25) is 0 Å². The monoisotopic (exact) mass is 364 g/mol. The van der Waals surface area contributed by atoms with Crippen LogP contribution in [0.3, 0.4) is 0 Å². The Bertz CT molecular complexity index is 741. The number of carbonyl (C=O) groups excluding carboxylic acids is 1. The number of hydrogen-bond donors (Lipinski definition) is 0. The van der Waals surface area contributed by atoms with Crippen LogP contribution >= 0.6 is 0 Å². The maximum Gasteiger partial charge on any atom is 0.209 e. The van der Waals surface area contributed by atoms with E-state index in [-0.39, 0.29) is 0 Å². The number of nitrogens with zero attached hydrogens (tertiary/aromatic N) is 2. The average Bonchev–Trinajstić information content (AvgIpc) is 2.73. The third-order valence-corrected chi connectivity index (χ3v) is 5.85. The van der Waals surface area contributed by atoms with E-state index in [2.05, 4.69) is 46.2 Å². The smallest absolute Gasteiger partial charge is 0.209 e. The molecule has 0 spiro atoms. The molecule has 0 saturated carbocycles. The Morgan fingerprint density at radius 2 is 1.74 bits per heavy atom. The normalized spacial score (nSPS) is 21.4. The van der Waals surface area contributed by atoms with Gasteiger partial charge in [-0.3, -0.25) is 14.6 Å². The Hall–Kier alpha value is -2.17. The van der Waals surface area contributed by atoms with Crippen molar-refractivity contribution in [2.24, 2.45) is 5.92 Å². The molecule has 2 aliphatic rings. The zero-order valence-corrected chi connectivity index (χ0v) is 15.8. The summed E-state index contributed by atoms with van der Waals surface area (Å²) in [4.78, 5) is 16.2. The first-order valence-electron chi connectivity index (χ1n) is 10.0. The van der Waals surface area contributed by atoms with Crippen LogP contribution in [0.25, 0.3) is 0 Å². The van der Waals surface area contributed by atoms with Crippen molar-refractivity contribution in [3.05, 3.63) is 65.7 Å². The van der Waals surface area contributed by atoms with Gasteiger partial charge in [0, 0.05) is 25.2 Å². The molecule has 0 N–H and O–H groups in total. The minimum atomic E-state index is -0.446. The molecule has 4 nitrogen and oxygen atoms in total. The molecule has 4 rings (SSSR count). The second kappa shape index (κ2) is 8.68. The molecule has 1 saturated heterocycles. The van der Waals surface area contributed by atoms with Gasteiger partial charge in [-0.15, -0.1) is 0 Å². The molecular formula is C23H28N2O2. The maximum atomic E-state index is 11.5. The van der Waals surface area contributed by atoms with Crippen LogP contribution in [0.15, 0.2) is 54.6 Å². The second-order valence-corrected chi connectivity index (χ2v) is 7.72. The number of hydrogen-bond acceptors (Lipinski definition) is 4. The molecule has 0 bridgehead atoms. The van der Waals surface area contributed by atoms with Crippen molar-refractivity contribution in [1.82, 2.24) is 9.80 Å². The van der Waals surface area contributed by atoms with Crippen LogP contribution in [0.1, 0.15) is 30.4 Å². The summed E-state index contributed by atoms with van der Waals surface area (Å²) in [6.45, 7) is 5.09. The quantitative estimate of drug-likeness (QED) is 0.732. The van der Waals surface area contributed by atoms with Crippen molar-refractivity contribution < 1.29 is 9.53 Å². The van der Waals surface area contributed by atoms with E-state index in [0.29, 0.717) is 0 Å². The van der Waals surface area contributed by atoms with E-state index in [1.54, 1.807) is 0 Å². The van der Waals surface area contributed by atoms with Gasteiger partial charge in [-0.1, -0.05) is 48.5 Å². The summed E-state index contributed by atoms with van der Waals surface area (Å²) in [5.74, 6) is 1.58. The van der Waals surface area contributed by atoms with Gasteiger partial charge in [-0.2, -0.15) is 0 Å². The lowest BCUT2D eigenvalue weighted by molar-refractivity contribution is -0.123. The molecule has 2 aromatic carbocycles. The summed E-state index contributed by atoms with van der Waals surface area (Å²) in [5, 5.41) is 0. The molecule has 0 radical (unpaired) electrons. The van der Waals surface area contributed by atoms with Crippen LogP contribution in [-0.4, -0.2) is 41.9 Å². The molecule has 2 heterocycles. The van der Waals surface area contributed by atoms with Gasteiger partial charge in [-0.25, -0.2) is 0 Å². The van der Waals surface area contributed by atoms with Crippen molar-refractivity contribution in [2.75, 3.05) is 19.6 Å². The molecular weight excluding hydrogens is 336 g/mol. The number of para-hydroxylation sites is 1. The summed E-state index contributed by atoms with van der Waals surface area (Å²) in [6, 6.07) is 18.8. The molecule has 0 aliphatic carbocycles. The third kappa shape index (κ3) is 4.57. The van der Waals surface area contributed by atoms with Gasteiger partial charge < -0.3 is 4.74 Å². The molecule has 142 valence electrons. The van der Waals surface area contributed by atoms with Crippen LogP contribution in [0.5, 0.6) is 5.75 Å². The fourth-order valence-corrected chi connectivity index (χ4v) is 4.21. The molecule has 2 aliphatic heterocycles. The predicted molar refractivity (Wildman–Crippen MR) is 106 cm³/mol. The van der Waals surface area contributed by atoms with E-state index >= 15 is 0 Å². The standard InChI is InChI=1S/C23H28N2O2/c26-18-23-25(17-21-8-4-5-9-22(21)27-23)15-12-19-10-13-24(14-11-19)16-20-6-2-1-3-7-20/h1-9,18-19,23H,10-17H2. The van der Waals surface area contributed by atoms with E-state index in [4.69, 9.17) is 4.74 Å². The molecule has 4 heteroatoms. The van der Waals surface area contributed by atoms with Crippen molar-refractivity contribution in [1.29, 1.82) is 0 Å². The zero-order chi connectivity index (χ0) is 18.5. The number of piperidine rings is 1. The van der Waals surface area contributed by atoms with Gasteiger partial charge in [0.25, 0.3) is 0 Å². The molecule has 1 fully saturated rings. The number of rotatable bonds is 6. The summed E-state index contributed by atoms with van der Waals surface area (Å²) in [6.07, 6.45) is 4.10. The van der Waals surface area contributed by atoms with E-state index in [1.165, 1.54) is 24.0 Å². The number of ether oxygens (including phenoxy) is 1. The second-order valence-electron chi connectivity index (χ2n) is 7.72. The van der Waals surface area contributed by atoms with Gasteiger partial charge in [0.2, 0.25) is 6.23 Å². The Kier molecular flexibility index (Phi) is 5.85. The SMILES string of the molecule is O=CC1Oc2ccccc2CN1CCC1CCN(Cc2ccccc2)CC1. The lowest BCUT2D eigenvalue weighted by Crippen LogP contribution is -2.44. The fraction of sp³-hybridized carbons (Fsp3) is 0.435. The Labute approximate surface area is 161 Å². The molecule has 1 atom stereocenters. The van der Waals surface area contributed by atoms with Gasteiger partial charge in [-0.05, 0) is 49.9 Å². The summed E-state index contributed by atoms with van der Waals surface area (Å²) in [5.41, 5.74) is 2.57. The zero-order valence-electron chi connectivity index (χ0n) is 15.8. The minimum absolute atomic E-state index is 0.446. The first-order chi connectivity index (χ1) is 13.3. The highest BCUT2D eigenvalue weighted by atomic mass is 16.5. The Balaban J connectivity index is 1.25. The highest BCUT2D eigenvalue weighted by Crippen LogP contribution is 2.29. The first kappa shape index (κ1) is 18.2. The van der Waals surface area contributed by atoms with Crippen LogP contribution in [-0.2, 0) is 17.9 Å². The largest absolute Gasteiger partial charge is 0.468 e. The first-order valence-corrected chi connectivity index (χ1v) is 10.0. The van der Waals surface area contributed by atoms with E-state index in [1.807, 2.05) is 18.2 Å². The van der Waals surface area contributed by atoms with Crippen molar-refractivity contribution in [3.8, 4) is 5.75 Å². The summed E-state index contributed by atoms with van der Waals surface area (Å²) >= 11 is 0. The van der Waals surface area contributed by atoms with Crippen LogP contribution in [0.4, 0.5) is 0 Å². The lowest BCUT2D eigenvalue weighted by atomic mass is 9.93. The number of benzene rings is 2. The van der Waals surface area contributed by atoms with Crippen molar-refractivity contribution in [2.45, 2.75) is 38.6 Å². The highest BCUT2D eigenvalue weighted by molar-refractivity contribution is 5.57. The number of carbonyl (C=O) groups is 1. The number of likely N-dealkylation sites (tertiary alicyclic amines) is 1. The van der Waals surface area contributed by atoms with Gasteiger partial charge in [0.15, 0.2) is 6.29 Å². The van der Waals surface area contributed by atoms with Gasteiger partial charge >= 0.3 is 0 Å². The van der Waals surface area contributed by atoms with Crippen molar-refractivity contribution in [3.63, 3.8) is 0 Å². The average molecular weight is 364 g/mol. The van der Waals surface area contributed by atoms with E-state index in [0.717, 1.165) is 57.1 Å². The third-order valence-electron chi connectivity index (χ3n) is 5.85. The molecule has 0 aromatic heterocycles. The maximum absolute atomic E-state index is 11.5. The van der Waals surface area contributed by atoms with Crippen molar-refractivity contribution >= 4 is 6.29 Å². The fourth-order valence-electron chi connectivity index (χ4n) is 4.21.